The maximum Gasteiger partial charge on any atom is 0.313 e. The number of benzene rings is 3. The lowest BCUT2D eigenvalue weighted by Gasteiger charge is -2.39. The van der Waals surface area contributed by atoms with Gasteiger partial charge in [-0.05, 0) is 105 Å². The number of carboxylic acids is 1. The second-order valence-electron chi connectivity index (χ2n) is 10.1. The van der Waals surface area contributed by atoms with E-state index in [1.54, 1.807) is 14.0 Å². The largest absolute Gasteiger partial charge is 0.507 e. The number of aliphatic carboxylic acids is 1. The lowest BCUT2D eigenvalue weighted by molar-refractivity contribution is -0.143. The lowest BCUT2D eigenvalue weighted by atomic mass is 9.74. The average molecular weight is 463 g/mol. The van der Waals surface area contributed by atoms with Crippen molar-refractivity contribution >= 4 is 16.7 Å². The van der Waals surface area contributed by atoms with Crippen molar-refractivity contribution in [2.24, 2.45) is 0 Å². The van der Waals surface area contributed by atoms with Gasteiger partial charge in [-0.15, -0.1) is 0 Å². The molecule has 2 N–H and O–H groups in total. The van der Waals surface area contributed by atoms with Crippen LogP contribution in [-0.4, -0.2) is 28.9 Å². The zero-order chi connectivity index (χ0) is 24.8. The number of carbonyl (C=O) groups is 1. The number of rotatable bonds is 6. The van der Waals surface area contributed by atoms with Gasteiger partial charge in [0.25, 0.3) is 0 Å². The first-order valence-electron chi connectivity index (χ1n) is 11.8. The number of phenols is 1. The molecule has 2 atom stereocenters. The first-order valence-corrected chi connectivity index (χ1v) is 11.8. The summed E-state index contributed by atoms with van der Waals surface area (Å²) in [7, 11) is 1.64. The molecule has 180 valence electrons. The Kier molecular flexibility index (Phi) is 6.01. The molecule has 2 unspecified atom stereocenters. The summed E-state index contributed by atoms with van der Waals surface area (Å²) in [6, 6.07) is 11.7. The smallest absolute Gasteiger partial charge is 0.313 e. The molecule has 5 heteroatoms. The Hall–Kier alpha value is -3.21. The molecule has 1 heterocycles. The highest BCUT2D eigenvalue weighted by Crippen LogP contribution is 2.45. The summed E-state index contributed by atoms with van der Waals surface area (Å²) in [6.45, 7) is 9.69. The van der Waals surface area contributed by atoms with Crippen molar-refractivity contribution < 1.29 is 24.5 Å². The van der Waals surface area contributed by atoms with E-state index in [2.05, 4.69) is 6.92 Å². The van der Waals surface area contributed by atoms with E-state index in [4.69, 9.17) is 9.47 Å². The molecule has 0 amide bonds. The molecule has 3 aromatic rings. The predicted octanol–water partition coefficient (Wildman–Crippen LogP) is 6.39. The van der Waals surface area contributed by atoms with E-state index in [-0.39, 0.29) is 0 Å². The second kappa shape index (κ2) is 8.53. The molecule has 5 nitrogen and oxygen atoms in total. The summed E-state index contributed by atoms with van der Waals surface area (Å²) < 4.78 is 11.9. The van der Waals surface area contributed by atoms with Crippen LogP contribution in [0, 0.1) is 20.8 Å². The normalized spacial score (nSPS) is 19.2. The van der Waals surface area contributed by atoms with Crippen molar-refractivity contribution in [2.75, 3.05) is 7.11 Å². The van der Waals surface area contributed by atoms with E-state index in [9.17, 15) is 15.0 Å². The molecular formula is C29H34O5. The van der Waals surface area contributed by atoms with Gasteiger partial charge in [0.1, 0.15) is 22.8 Å². The molecule has 0 saturated heterocycles. The van der Waals surface area contributed by atoms with Crippen LogP contribution in [0.1, 0.15) is 60.9 Å². The third-order valence-corrected chi connectivity index (χ3v) is 7.90. The molecular weight excluding hydrogens is 428 g/mol. The van der Waals surface area contributed by atoms with Gasteiger partial charge in [-0.25, -0.2) is 0 Å². The molecule has 0 spiro atoms. The van der Waals surface area contributed by atoms with Crippen LogP contribution in [0.15, 0.2) is 36.4 Å². The molecule has 4 rings (SSSR count). The monoisotopic (exact) mass is 462 g/mol. The first kappa shape index (κ1) is 23.9. The van der Waals surface area contributed by atoms with Gasteiger partial charge < -0.3 is 19.7 Å². The van der Waals surface area contributed by atoms with Gasteiger partial charge in [0.05, 0.1) is 12.5 Å². The van der Waals surface area contributed by atoms with Crippen molar-refractivity contribution in [3.63, 3.8) is 0 Å². The number of phenolic OH excluding ortho intramolecular Hbond substituents is 1. The summed E-state index contributed by atoms with van der Waals surface area (Å²) >= 11 is 0. The highest BCUT2D eigenvalue weighted by Gasteiger charge is 2.41. The number of hydrogen-bond donors (Lipinski definition) is 2. The van der Waals surface area contributed by atoms with Gasteiger partial charge in [0.2, 0.25) is 0 Å². The fourth-order valence-electron chi connectivity index (χ4n) is 5.05. The zero-order valence-electron chi connectivity index (χ0n) is 20.9. The third kappa shape index (κ3) is 3.97. The maximum atomic E-state index is 12.5. The van der Waals surface area contributed by atoms with Crippen molar-refractivity contribution in [2.45, 2.75) is 71.3 Å². The zero-order valence-corrected chi connectivity index (χ0v) is 20.9. The van der Waals surface area contributed by atoms with Gasteiger partial charge in [-0.3, -0.25) is 4.79 Å². The minimum Gasteiger partial charge on any atom is -0.507 e. The molecule has 0 radical (unpaired) electrons. The number of aromatic hydroxyl groups is 1. The highest BCUT2D eigenvalue weighted by molar-refractivity contribution is 5.88. The van der Waals surface area contributed by atoms with Gasteiger partial charge in [-0.1, -0.05) is 24.3 Å². The number of methoxy groups -OCH3 is 1. The molecule has 0 saturated carbocycles. The molecule has 34 heavy (non-hydrogen) atoms. The maximum absolute atomic E-state index is 12.5. The molecule has 1 aliphatic rings. The van der Waals surface area contributed by atoms with E-state index in [1.807, 2.05) is 57.2 Å². The van der Waals surface area contributed by atoms with Crippen molar-refractivity contribution in [1.29, 1.82) is 0 Å². The molecule has 0 fully saturated rings. The van der Waals surface area contributed by atoms with Crippen LogP contribution in [0.5, 0.6) is 17.2 Å². The van der Waals surface area contributed by atoms with Crippen LogP contribution in [-0.2, 0) is 16.6 Å². The topological polar surface area (TPSA) is 76.0 Å². The summed E-state index contributed by atoms with van der Waals surface area (Å²) in [6.07, 6.45) is 2.63. The third-order valence-electron chi connectivity index (χ3n) is 7.90. The summed E-state index contributed by atoms with van der Waals surface area (Å²) in [5.41, 5.74) is 2.99. The SMILES string of the molecule is COc1ccc2cc(C(C)(CCC3(C)CCc4c(C)c(O)c(C)c(C)c4O3)C(=O)O)ccc2c1. The molecule has 0 aromatic heterocycles. The van der Waals surface area contributed by atoms with E-state index >= 15 is 0 Å². The Bertz CT molecular complexity index is 1280. The van der Waals surface area contributed by atoms with Gasteiger partial charge >= 0.3 is 5.97 Å². The van der Waals surface area contributed by atoms with E-state index in [0.717, 1.165) is 62.9 Å². The van der Waals surface area contributed by atoms with Crippen LogP contribution in [0.25, 0.3) is 10.8 Å². The number of carboxylic acid groups (broad SMARTS) is 1. The van der Waals surface area contributed by atoms with Crippen LogP contribution in [0.3, 0.4) is 0 Å². The lowest BCUT2D eigenvalue weighted by Crippen LogP contribution is -2.41. The minimum atomic E-state index is -1.05. The Labute approximate surface area is 201 Å². The molecule has 1 aliphatic heterocycles. The fraction of sp³-hybridized carbons (Fsp3) is 0.414. The van der Waals surface area contributed by atoms with Crippen LogP contribution in [0.4, 0.5) is 0 Å². The molecule has 3 aromatic carbocycles. The Morgan fingerprint density at radius 1 is 1.09 bits per heavy atom. The van der Waals surface area contributed by atoms with Gasteiger partial charge in [0, 0.05) is 5.56 Å². The summed E-state index contributed by atoms with van der Waals surface area (Å²) in [5.74, 6) is 1.13. The first-order chi connectivity index (χ1) is 16.0. The number of fused-ring (bicyclic) bond motifs is 2. The van der Waals surface area contributed by atoms with Crippen molar-refractivity contribution in [3.05, 3.63) is 64.2 Å². The highest BCUT2D eigenvalue weighted by atomic mass is 16.5. The summed E-state index contributed by atoms with van der Waals surface area (Å²) in [4.78, 5) is 12.5. The quantitative estimate of drug-likeness (QED) is 0.444. The van der Waals surface area contributed by atoms with Crippen molar-refractivity contribution in [1.82, 2.24) is 0 Å². The Morgan fingerprint density at radius 2 is 1.76 bits per heavy atom. The minimum absolute atomic E-state index is 0.343. The van der Waals surface area contributed by atoms with Gasteiger partial charge in [0.15, 0.2) is 0 Å². The van der Waals surface area contributed by atoms with E-state index in [1.165, 1.54) is 0 Å². The van der Waals surface area contributed by atoms with Crippen LogP contribution in [0.2, 0.25) is 0 Å². The van der Waals surface area contributed by atoms with E-state index < -0.39 is 17.0 Å². The second-order valence-corrected chi connectivity index (χ2v) is 10.1. The molecule has 0 aliphatic carbocycles. The summed E-state index contributed by atoms with van der Waals surface area (Å²) in [5, 5.41) is 22.7. The van der Waals surface area contributed by atoms with E-state index in [0.29, 0.717) is 18.6 Å². The molecule has 0 bridgehead atoms. The standard InChI is InChI=1S/C29H34O5/c1-17-18(2)26-24(19(3)25(17)30)11-12-28(4,34-26)13-14-29(5,27(31)32)22-9-7-21-16-23(33-6)10-8-20(21)15-22/h7-10,15-16,30H,11-14H2,1-6H3,(H,31,32). The Morgan fingerprint density at radius 3 is 2.44 bits per heavy atom. The predicted molar refractivity (Wildman–Crippen MR) is 134 cm³/mol. The average Bonchev–Trinajstić information content (AvgIpc) is 2.83. The Balaban J connectivity index is 1.62. The van der Waals surface area contributed by atoms with Crippen LogP contribution < -0.4 is 9.47 Å². The van der Waals surface area contributed by atoms with Crippen LogP contribution >= 0.6 is 0 Å². The fourth-order valence-corrected chi connectivity index (χ4v) is 5.05. The number of ether oxygens (including phenoxy) is 2. The van der Waals surface area contributed by atoms with Crippen molar-refractivity contribution in [3.8, 4) is 17.2 Å². The number of hydrogen-bond acceptors (Lipinski definition) is 4. The van der Waals surface area contributed by atoms with Gasteiger partial charge in [-0.2, -0.15) is 0 Å².